The van der Waals surface area contributed by atoms with Crippen molar-refractivity contribution in [1.29, 1.82) is 0 Å². The number of non-ortho nitro benzene ring substituents is 1. The third kappa shape index (κ3) is 2.96. The van der Waals surface area contributed by atoms with Crippen LogP contribution in [0.5, 0.6) is 0 Å². The maximum absolute atomic E-state index is 12.2. The van der Waals surface area contributed by atoms with Crippen LogP contribution in [0.15, 0.2) is 24.3 Å². The predicted octanol–water partition coefficient (Wildman–Crippen LogP) is 2.14. The molecule has 100 valence electrons. The van der Waals surface area contributed by atoms with Crippen LogP contribution in [0.3, 0.4) is 0 Å². The molecule has 0 aliphatic carbocycles. The van der Waals surface area contributed by atoms with Crippen LogP contribution < -0.4 is 0 Å². The van der Waals surface area contributed by atoms with Crippen molar-refractivity contribution in [2.45, 2.75) is 25.7 Å². The molecule has 19 heavy (non-hydrogen) atoms. The zero-order valence-electron chi connectivity index (χ0n) is 10.4. The number of likely N-dealkylation sites (tertiary alicyclic amines) is 1. The van der Waals surface area contributed by atoms with Crippen LogP contribution in [0.1, 0.15) is 36.0 Å². The molecule has 6 heteroatoms. The molecule has 0 saturated carbocycles. The minimum Gasteiger partial charge on any atom is -0.279 e. The number of benzene rings is 1. The number of carbonyl (C=O) groups is 2. The van der Waals surface area contributed by atoms with Crippen LogP contribution >= 0.6 is 0 Å². The van der Waals surface area contributed by atoms with Gasteiger partial charge in [0.05, 0.1) is 4.92 Å². The monoisotopic (exact) mass is 262 g/mol. The Morgan fingerprint density at radius 2 is 1.84 bits per heavy atom. The number of nitrogens with zero attached hydrogens (tertiary/aromatic N) is 2. The molecule has 0 unspecified atom stereocenters. The fraction of sp³-hybridized carbons (Fsp3) is 0.385. The van der Waals surface area contributed by atoms with E-state index >= 15 is 0 Å². The van der Waals surface area contributed by atoms with E-state index in [1.807, 2.05) is 0 Å². The van der Waals surface area contributed by atoms with Crippen LogP contribution in [-0.2, 0) is 4.79 Å². The van der Waals surface area contributed by atoms with Crippen molar-refractivity contribution in [1.82, 2.24) is 4.90 Å². The summed E-state index contributed by atoms with van der Waals surface area (Å²) in [6, 6.07) is 5.32. The van der Waals surface area contributed by atoms with Crippen LogP contribution in [0.2, 0.25) is 0 Å². The zero-order valence-corrected chi connectivity index (χ0v) is 10.4. The van der Waals surface area contributed by atoms with Gasteiger partial charge in [-0.3, -0.25) is 24.6 Å². The third-order valence-corrected chi connectivity index (χ3v) is 3.14. The first-order valence-electron chi connectivity index (χ1n) is 6.19. The Labute approximate surface area is 110 Å². The number of nitro benzene ring substituents is 1. The van der Waals surface area contributed by atoms with Crippen LogP contribution in [-0.4, -0.2) is 28.2 Å². The molecular weight excluding hydrogens is 248 g/mol. The number of rotatable bonds is 2. The molecule has 2 rings (SSSR count). The number of hydrogen-bond acceptors (Lipinski definition) is 4. The molecule has 1 fully saturated rings. The molecule has 1 aliphatic heterocycles. The van der Waals surface area contributed by atoms with E-state index in [9.17, 15) is 19.7 Å². The summed E-state index contributed by atoms with van der Waals surface area (Å²) in [6.45, 7) is 0.425. The Kier molecular flexibility index (Phi) is 3.89. The lowest BCUT2D eigenvalue weighted by atomic mass is 10.1. The van der Waals surface area contributed by atoms with Crippen LogP contribution in [0, 0.1) is 10.1 Å². The molecule has 0 aromatic heterocycles. The maximum Gasteiger partial charge on any atom is 0.269 e. The molecule has 1 heterocycles. The largest absolute Gasteiger partial charge is 0.279 e. The van der Waals surface area contributed by atoms with Gasteiger partial charge in [0, 0.05) is 30.7 Å². The summed E-state index contributed by atoms with van der Waals surface area (Å²) < 4.78 is 0. The van der Waals surface area contributed by atoms with Crippen molar-refractivity contribution in [2.24, 2.45) is 0 Å². The van der Waals surface area contributed by atoms with Gasteiger partial charge in [-0.2, -0.15) is 0 Å². The summed E-state index contributed by atoms with van der Waals surface area (Å²) in [5, 5.41) is 10.5. The smallest absolute Gasteiger partial charge is 0.269 e. The van der Waals surface area contributed by atoms with Crippen molar-refractivity contribution in [3.8, 4) is 0 Å². The van der Waals surface area contributed by atoms with E-state index in [0.29, 0.717) is 18.5 Å². The quantitative estimate of drug-likeness (QED) is 0.464. The minimum atomic E-state index is -0.522. The van der Waals surface area contributed by atoms with Crippen LogP contribution in [0.25, 0.3) is 0 Å². The topological polar surface area (TPSA) is 80.5 Å². The Morgan fingerprint density at radius 3 is 2.47 bits per heavy atom. The van der Waals surface area contributed by atoms with Gasteiger partial charge in [0.2, 0.25) is 5.91 Å². The summed E-state index contributed by atoms with van der Waals surface area (Å²) >= 11 is 0. The van der Waals surface area contributed by atoms with Gasteiger partial charge in [0.1, 0.15) is 0 Å². The molecule has 0 spiro atoms. The fourth-order valence-corrected chi connectivity index (χ4v) is 2.08. The Hall–Kier alpha value is -2.24. The Bertz CT molecular complexity index is 510. The summed E-state index contributed by atoms with van der Waals surface area (Å²) in [6.07, 6.45) is 2.95. The Balaban J connectivity index is 2.18. The molecule has 0 radical (unpaired) electrons. The van der Waals surface area contributed by atoms with E-state index in [1.54, 1.807) is 0 Å². The second-order valence-electron chi connectivity index (χ2n) is 4.47. The molecule has 6 nitrogen and oxygen atoms in total. The van der Waals surface area contributed by atoms with E-state index in [2.05, 4.69) is 0 Å². The van der Waals surface area contributed by atoms with Crippen molar-refractivity contribution in [3.05, 3.63) is 39.9 Å². The van der Waals surface area contributed by atoms with E-state index in [-0.39, 0.29) is 17.5 Å². The Morgan fingerprint density at radius 1 is 1.16 bits per heavy atom. The molecular formula is C13H14N2O4. The fourth-order valence-electron chi connectivity index (χ4n) is 2.08. The van der Waals surface area contributed by atoms with Gasteiger partial charge in [-0.25, -0.2) is 0 Å². The van der Waals surface area contributed by atoms with E-state index in [1.165, 1.54) is 29.2 Å². The summed E-state index contributed by atoms with van der Waals surface area (Å²) in [5.74, 6) is -0.539. The average molecular weight is 262 g/mol. The highest BCUT2D eigenvalue weighted by molar-refractivity contribution is 6.04. The van der Waals surface area contributed by atoms with Crippen molar-refractivity contribution < 1.29 is 14.5 Å². The first-order valence-corrected chi connectivity index (χ1v) is 6.19. The molecule has 0 N–H and O–H groups in total. The summed E-state index contributed by atoms with van der Waals surface area (Å²) in [7, 11) is 0. The summed E-state index contributed by atoms with van der Waals surface area (Å²) in [5.41, 5.74) is 0.236. The maximum atomic E-state index is 12.2. The van der Waals surface area contributed by atoms with Gasteiger partial charge < -0.3 is 0 Å². The zero-order chi connectivity index (χ0) is 13.8. The van der Waals surface area contributed by atoms with Crippen molar-refractivity contribution in [2.75, 3.05) is 6.54 Å². The van der Waals surface area contributed by atoms with Gasteiger partial charge in [0.15, 0.2) is 0 Å². The number of imide groups is 1. The van der Waals surface area contributed by atoms with Crippen molar-refractivity contribution >= 4 is 17.5 Å². The molecule has 1 saturated heterocycles. The van der Waals surface area contributed by atoms with Gasteiger partial charge in [0.25, 0.3) is 11.6 Å². The first kappa shape index (κ1) is 13.2. The lowest BCUT2D eigenvalue weighted by molar-refractivity contribution is -0.384. The van der Waals surface area contributed by atoms with E-state index < -0.39 is 4.92 Å². The number of amides is 2. The lowest BCUT2D eigenvalue weighted by Crippen LogP contribution is -2.36. The molecule has 1 aromatic rings. The predicted molar refractivity (Wildman–Crippen MR) is 67.6 cm³/mol. The first-order chi connectivity index (χ1) is 9.09. The van der Waals surface area contributed by atoms with Gasteiger partial charge in [-0.15, -0.1) is 0 Å². The number of carbonyl (C=O) groups excluding carboxylic acids is 2. The highest BCUT2D eigenvalue weighted by atomic mass is 16.6. The number of nitro groups is 1. The lowest BCUT2D eigenvalue weighted by Gasteiger charge is -2.18. The molecule has 1 aliphatic rings. The average Bonchev–Trinajstić information content (AvgIpc) is 2.63. The minimum absolute atomic E-state index is 0.0706. The number of hydrogen-bond donors (Lipinski definition) is 0. The second kappa shape index (κ2) is 5.60. The normalized spacial score (nSPS) is 16.0. The SMILES string of the molecule is O=C1CCCCCN1C(=O)c1ccc([N+](=O)[O-])cc1. The third-order valence-electron chi connectivity index (χ3n) is 3.14. The summed E-state index contributed by atoms with van der Waals surface area (Å²) in [4.78, 5) is 35.2. The molecule has 2 amide bonds. The highest BCUT2D eigenvalue weighted by Gasteiger charge is 2.24. The highest BCUT2D eigenvalue weighted by Crippen LogP contribution is 2.17. The molecule has 1 aromatic carbocycles. The second-order valence-corrected chi connectivity index (χ2v) is 4.47. The van der Waals surface area contributed by atoms with E-state index in [0.717, 1.165) is 19.3 Å². The van der Waals surface area contributed by atoms with Crippen molar-refractivity contribution in [3.63, 3.8) is 0 Å². The standard InChI is InChI=1S/C13H14N2O4/c16-12-4-2-1-3-9-14(12)13(17)10-5-7-11(8-6-10)15(18)19/h5-8H,1-4,9H2. The van der Waals surface area contributed by atoms with Gasteiger partial charge >= 0.3 is 0 Å². The molecule has 0 atom stereocenters. The van der Waals surface area contributed by atoms with Gasteiger partial charge in [-0.05, 0) is 25.0 Å². The van der Waals surface area contributed by atoms with E-state index in [4.69, 9.17) is 0 Å². The molecule has 0 bridgehead atoms. The van der Waals surface area contributed by atoms with Gasteiger partial charge in [-0.1, -0.05) is 6.42 Å². The van der Waals surface area contributed by atoms with Crippen LogP contribution in [0.4, 0.5) is 5.69 Å².